The van der Waals surface area contributed by atoms with Crippen molar-refractivity contribution in [3.05, 3.63) is 23.8 Å². The number of thioether (sulfide) groups is 1. The van der Waals surface area contributed by atoms with Crippen LogP contribution < -0.4 is 10.6 Å². The van der Waals surface area contributed by atoms with E-state index >= 15 is 0 Å². The monoisotopic (exact) mass is 272 g/mol. The van der Waals surface area contributed by atoms with Crippen molar-refractivity contribution in [2.24, 2.45) is 0 Å². The molecule has 0 amide bonds. The normalized spacial score (nSPS) is 19.7. The third kappa shape index (κ3) is 2.88. The summed E-state index contributed by atoms with van der Waals surface area (Å²) in [6.45, 7) is 5.65. The van der Waals surface area contributed by atoms with Crippen LogP contribution in [-0.2, 0) is 0 Å². The summed E-state index contributed by atoms with van der Waals surface area (Å²) in [5.41, 5.74) is 5.61. The average molecular weight is 272 g/mol. The van der Waals surface area contributed by atoms with Crippen molar-refractivity contribution in [3.8, 4) is 0 Å². The second kappa shape index (κ2) is 4.96. The van der Waals surface area contributed by atoms with Crippen LogP contribution in [0.5, 0.6) is 0 Å². The molecule has 1 aromatic carbocycles. The van der Waals surface area contributed by atoms with Crippen molar-refractivity contribution in [1.29, 1.82) is 0 Å². The smallest absolute Gasteiger partial charge is 0.151 e. The Kier molecular flexibility index (Phi) is 3.71. The first kappa shape index (κ1) is 13.5. The second-order valence-corrected chi connectivity index (χ2v) is 6.98. The van der Waals surface area contributed by atoms with Gasteiger partial charge in [0.1, 0.15) is 5.69 Å². The summed E-state index contributed by atoms with van der Waals surface area (Å²) in [7, 11) is 0. The van der Waals surface area contributed by atoms with Crippen LogP contribution >= 0.6 is 11.8 Å². The highest BCUT2D eigenvalue weighted by atomic mass is 32.2. The van der Waals surface area contributed by atoms with E-state index in [9.17, 15) is 8.78 Å². The van der Waals surface area contributed by atoms with Gasteiger partial charge in [0.2, 0.25) is 0 Å². The fourth-order valence-corrected chi connectivity index (χ4v) is 3.23. The van der Waals surface area contributed by atoms with E-state index in [-0.39, 0.29) is 16.1 Å². The van der Waals surface area contributed by atoms with Gasteiger partial charge in [-0.1, -0.05) is 13.8 Å². The molecule has 2 nitrogen and oxygen atoms in total. The Morgan fingerprint density at radius 1 is 1.22 bits per heavy atom. The molecule has 1 heterocycles. The first-order valence-corrected chi connectivity index (χ1v) is 7.01. The first-order valence-electron chi connectivity index (χ1n) is 6.02. The minimum atomic E-state index is -0.572. The average Bonchev–Trinajstić information content (AvgIpc) is 2.39. The van der Waals surface area contributed by atoms with E-state index in [0.29, 0.717) is 13.1 Å². The molecule has 18 heavy (non-hydrogen) atoms. The van der Waals surface area contributed by atoms with E-state index in [1.165, 1.54) is 12.1 Å². The number of rotatable bonds is 1. The van der Waals surface area contributed by atoms with Gasteiger partial charge in [0, 0.05) is 29.3 Å². The number of anilines is 2. The maximum Gasteiger partial charge on any atom is 0.151 e. The Morgan fingerprint density at radius 3 is 2.44 bits per heavy atom. The summed E-state index contributed by atoms with van der Waals surface area (Å²) in [6.07, 6.45) is 0.904. The number of nitrogens with zero attached hydrogens (tertiary/aromatic N) is 1. The van der Waals surface area contributed by atoms with Gasteiger partial charge in [0.25, 0.3) is 0 Å². The lowest BCUT2D eigenvalue weighted by atomic mass is 10.1. The highest BCUT2D eigenvalue weighted by Gasteiger charge is 2.26. The summed E-state index contributed by atoms with van der Waals surface area (Å²) >= 11 is 1.84. The topological polar surface area (TPSA) is 29.3 Å². The number of hydrogen-bond acceptors (Lipinski definition) is 3. The Labute approximate surface area is 111 Å². The molecule has 0 aromatic heterocycles. The van der Waals surface area contributed by atoms with Gasteiger partial charge in [-0.3, -0.25) is 0 Å². The minimum absolute atomic E-state index is 0.0579. The zero-order valence-corrected chi connectivity index (χ0v) is 11.5. The predicted molar refractivity (Wildman–Crippen MR) is 74.1 cm³/mol. The van der Waals surface area contributed by atoms with Crippen LogP contribution in [-0.4, -0.2) is 23.6 Å². The maximum absolute atomic E-state index is 13.9. The largest absolute Gasteiger partial charge is 0.399 e. The van der Waals surface area contributed by atoms with Crippen molar-refractivity contribution in [2.75, 3.05) is 29.5 Å². The van der Waals surface area contributed by atoms with Crippen molar-refractivity contribution in [1.82, 2.24) is 0 Å². The molecule has 0 unspecified atom stereocenters. The predicted octanol–water partition coefficient (Wildman–Crippen LogP) is 3.27. The molecule has 0 aliphatic carbocycles. The SMILES string of the molecule is CC1(C)CCN(c2c(F)cc(N)cc2F)CCS1. The van der Waals surface area contributed by atoms with Crippen LogP contribution in [0.15, 0.2) is 12.1 Å². The molecule has 100 valence electrons. The van der Waals surface area contributed by atoms with Crippen LogP contribution in [0.1, 0.15) is 20.3 Å². The molecular weight excluding hydrogens is 254 g/mol. The Morgan fingerprint density at radius 2 is 1.83 bits per heavy atom. The highest BCUT2D eigenvalue weighted by molar-refractivity contribution is 8.00. The van der Waals surface area contributed by atoms with Crippen LogP contribution in [0.25, 0.3) is 0 Å². The molecule has 5 heteroatoms. The molecule has 0 bridgehead atoms. The van der Waals surface area contributed by atoms with Crippen LogP contribution in [0, 0.1) is 11.6 Å². The second-order valence-electron chi connectivity index (χ2n) is 5.18. The Balaban J connectivity index is 2.27. The van der Waals surface area contributed by atoms with E-state index in [0.717, 1.165) is 12.2 Å². The van der Waals surface area contributed by atoms with Gasteiger partial charge in [-0.25, -0.2) is 8.78 Å². The molecular formula is C13H18F2N2S. The molecule has 1 fully saturated rings. The lowest BCUT2D eigenvalue weighted by Crippen LogP contribution is -2.28. The number of nitrogen functional groups attached to an aromatic ring is 1. The van der Waals surface area contributed by atoms with Gasteiger partial charge in [-0.2, -0.15) is 11.8 Å². The number of hydrogen-bond donors (Lipinski definition) is 1. The highest BCUT2D eigenvalue weighted by Crippen LogP contribution is 2.34. The Bertz CT molecular complexity index is 426. The molecule has 0 radical (unpaired) electrons. The van der Waals surface area contributed by atoms with Gasteiger partial charge in [0.15, 0.2) is 11.6 Å². The maximum atomic E-state index is 13.9. The fraction of sp³-hybridized carbons (Fsp3) is 0.538. The molecule has 2 rings (SSSR count). The van der Waals surface area contributed by atoms with E-state index in [1.807, 2.05) is 11.8 Å². The van der Waals surface area contributed by atoms with Crippen LogP contribution in [0.2, 0.25) is 0 Å². The summed E-state index contributed by atoms with van der Waals surface area (Å²) < 4.78 is 27.9. The van der Waals surface area contributed by atoms with Gasteiger partial charge >= 0.3 is 0 Å². The van der Waals surface area contributed by atoms with Gasteiger partial charge in [-0.05, 0) is 18.6 Å². The Hall–Kier alpha value is -0.970. The standard InChI is InChI=1S/C13H18F2N2S/c1-13(2)3-4-17(5-6-18-13)12-10(14)7-9(16)8-11(12)15/h7-8H,3-6,16H2,1-2H3. The molecule has 1 aliphatic rings. The number of benzene rings is 1. The van der Waals surface area contributed by atoms with Crippen molar-refractivity contribution in [2.45, 2.75) is 25.0 Å². The van der Waals surface area contributed by atoms with E-state index in [4.69, 9.17) is 5.73 Å². The zero-order chi connectivity index (χ0) is 13.3. The quantitative estimate of drug-likeness (QED) is 0.796. The molecule has 0 saturated carbocycles. The summed E-state index contributed by atoms with van der Waals surface area (Å²) in [6, 6.07) is 2.36. The zero-order valence-electron chi connectivity index (χ0n) is 10.7. The van der Waals surface area contributed by atoms with E-state index in [2.05, 4.69) is 13.8 Å². The lowest BCUT2D eigenvalue weighted by molar-refractivity contribution is 0.564. The van der Waals surface area contributed by atoms with Crippen LogP contribution in [0.3, 0.4) is 0 Å². The van der Waals surface area contributed by atoms with Crippen LogP contribution in [0.4, 0.5) is 20.2 Å². The summed E-state index contributed by atoms with van der Waals surface area (Å²) in [5.74, 6) is -0.273. The first-order chi connectivity index (χ1) is 8.39. The minimum Gasteiger partial charge on any atom is -0.399 e. The van der Waals surface area contributed by atoms with E-state index < -0.39 is 11.6 Å². The van der Waals surface area contributed by atoms with E-state index in [1.54, 1.807) is 4.90 Å². The molecule has 2 N–H and O–H groups in total. The van der Waals surface area contributed by atoms with Gasteiger partial charge < -0.3 is 10.6 Å². The van der Waals surface area contributed by atoms with Gasteiger partial charge in [0.05, 0.1) is 0 Å². The molecule has 0 atom stereocenters. The fourth-order valence-electron chi connectivity index (χ4n) is 2.13. The molecule has 1 saturated heterocycles. The third-order valence-corrected chi connectivity index (χ3v) is 4.57. The lowest BCUT2D eigenvalue weighted by Gasteiger charge is -2.25. The third-order valence-electron chi connectivity index (χ3n) is 3.19. The summed E-state index contributed by atoms with van der Waals surface area (Å²) in [4.78, 5) is 1.78. The van der Waals surface area contributed by atoms with Crippen molar-refractivity contribution < 1.29 is 8.78 Å². The molecule has 1 aromatic rings. The van der Waals surface area contributed by atoms with Crippen molar-refractivity contribution in [3.63, 3.8) is 0 Å². The van der Waals surface area contributed by atoms with Crippen molar-refractivity contribution >= 4 is 23.1 Å². The molecule has 0 spiro atoms. The summed E-state index contributed by atoms with van der Waals surface area (Å²) in [5, 5.41) is 0. The number of nitrogens with two attached hydrogens (primary N) is 1. The molecule has 1 aliphatic heterocycles. The number of halogens is 2. The van der Waals surface area contributed by atoms with Gasteiger partial charge in [-0.15, -0.1) is 0 Å².